The molecular weight excluding hydrogens is 250 g/mol. The van der Waals surface area contributed by atoms with E-state index in [9.17, 15) is 4.79 Å². The molecule has 0 unspecified atom stereocenters. The van der Waals surface area contributed by atoms with Gasteiger partial charge in [0.25, 0.3) is 0 Å². The Hall–Kier alpha value is -1.39. The monoisotopic (exact) mass is 272 g/mol. The van der Waals surface area contributed by atoms with E-state index >= 15 is 0 Å². The molecule has 0 radical (unpaired) electrons. The van der Waals surface area contributed by atoms with Crippen LogP contribution in [0.1, 0.15) is 49.1 Å². The maximum atomic E-state index is 12.0. The fraction of sp³-hybridized carbons (Fsp3) is 0.562. The number of piperidine rings is 1. The van der Waals surface area contributed by atoms with E-state index in [1.165, 1.54) is 62.0 Å². The number of hydrogen-bond donors (Lipinski definition) is 2. The van der Waals surface area contributed by atoms with E-state index in [2.05, 4.69) is 21.3 Å². The molecule has 0 aromatic carbocycles. The first-order chi connectivity index (χ1) is 9.81. The quantitative estimate of drug-likeness (QED) is 0.871. The first kappa shape index (κ1) is 12.4. The van der Waals surface area contributed by atoms with Crippen LogP contribution in [0.4, 0.5) is 5.69 Å². The summed E-state index contributed by atoms with van der Waals surface area (Å²) in [5.74, 6) is 0.680. The molecule has 2 fully saturated rings. The Balaban J connectivity index is 1.58. The number of nitrogens with one attached hydrogen (secondary N) is 1. The van der Waals surface area contributed by atoms with Crippen molar-refractivity contribution in [2.45, 2.75) is 38.0 Å². The summed E-state index contributed by atoms with van der Waals surface area (Å²) in [4.78, 5) is 17.4. The SMILES string of the molecule is O=c1[nH]cc(C2CC2)c2c1[NH2+]C(CN1CCCCC1)=C2. The number of nitrogens with zero attached hydrogens (tertiary/aromatic N) is 1. The first-order valence-electron chi connectivity index (χ1n) is 7.84. The zero-order valence-corrected chi connectivity index (χ0v) is 11.8. The lowest BCUT2D eigenvalue weighted by molar-refractivity contribution is -0.516. The second-order valence-corrected chi connectivity index (χ2v) is 6.38. The van der Waals surface area contributed by atoms with E-state index in [4.69, 9.17) is 0 Å². The molecule has 106 valence electrons. The molecule has 1 aliphatic carbocycles. The minimum absolute atomic E-state index is 0.0642. The zero-order chi connectivity index (χ0) is 13.5. The summed E-state index contributed by atoms with van der Waals surface area (Å²) in [6.07, 6.45) is 10.7. The first-order valence-corrected chi connectivity index (χ1v) is 7.84. The molecule has 0 amide bonds. The van der Waals surface area contributed by atoms with Crippen molar-refractivity contribution in [1.82, 2.24) is 9.88 Å². The van der Waals surface area contributed by atoms with Crippen LogP contribution in [0.25, 0.3) is 6.08 Å². The van der Waals surface area contributed by atoms with Crippen LogP contribution in [-0.2, 0) is 0 Å². The summed E-state index contributed by atoms with van der Waals surface area (Å²) < 4.78 is 0. The zero-order valence-electron chi connectivity index (χ0n) is 11.8. The molecule has 4 heteroatoms. The van der Waals surface area contributed by atoms with E-state index in [0.29, 0.717) is 5.92 Å². The third-order valence-corrected chi connectivity index (χ3v) is 4.74. The van der Waals surface area contributed by atoms with Gasteiger partial charge in [-0.2, -0.15) is 0 Å². The van der Waals surface area contributed by atoms with E-state index in [0.717, 1.165) is 12.2 Å². The second-order valence-electron chi connectivity index (χ2n) is 6.38. The van der Waals surface area contributed by atoms with Crippen LogP contribution in [0, 0.1) is 0 Å². The van der Waals surface area contributed by atoms with Crippen molar-refractivity contribution >= 4 is 11.8 Å². The van der Waals surface area contributed by atoms with Gasteiger partial charge in [0, 0.05) is 12.3 Å². The van der Waals surface area contributed by atoms with Gasteiger partial charge in [0.05, 0.1) is 12.1 Å². The highest BCUT2D eigenvalue weighted by atomic mass is 16.1. The highest BCUT2D eigenvalue weighted by molar-refractivity contribution is 5.68. The topological polar surface area (TPSA) is 52.7 Å². The van der Waals surface area contributed by atoms with Crippen LogP contribution in [0.2, 0.25) is 0 Å². The number of aromatic amines is 1. The van der Waals surface area contributed by atoms with E-state index in [-0.39, 0.29) is 5.56 Å². The number of quaternary nitrogens is 1. The molecule has 1 saturated heterocycles. The van der Waals surface area contributed by atoms with Gasteiger partial charge in [-0.15, -0.1) is 0 Å². The lowest BCUT2D eigenvalue weighted by atomic mass is 10.1. The van der Waals surface area contributed by atoms with Crippen LogP contribution >= 0.6 is 0 Å². The third kappa shape index (κ3) is 2.23. The van der Waals surface area contributed by atoms with Crippen molar-refractivity contribution < 1.29 is 5.32 Å². The Kier molecular flexibility index (Phi) is 3.00. The van der Waals surface area contributed by atoms with Crippen LogP contribution in [0.15, 0.2) is 16.7 Å². The minimum Gasteiger partial charge on any atom is -0.324 e. The predicted octanol–water partition coefficient (Wildman–Crippen LogP) is 1.29. The van der Waals surface area contributed by atoms with Gasteiger partial charge in [0.15, 0.2) is 0 Å². The van der Waals surface area contributed by atoms with Gasteiger partial charge >= 0.3 is 5.56 Å². The van der Waals surface area contributed by atoms with Gasteiger partial charge in [0.1, 0.15) is 5.70 Å². The molecule has 4 nitrogen and oxygen atoms in total. The largest absolute Gasteiger partial charge is 0.324 e. The molecular formula is C16H22N3O+. The molecule has 4 rings (SSSR count). The smallest absolute Gasteiger partial charge is 0.310 e. The fourth-order valence-electron chi connectivity index (χ4n) is 3.49. The lowest BCUT2D eigenvalue weighted by Gasteiger charge is -2.25. The minimum atomic E-state index is 0.0642. The number of fused-ring (bicyclic) bond motifs is 1. The Labute approximate surface area is 118 Å². The summed E-state index contributed by atoms with van der Waals surface area (Å²) in [6, 6.07) is 0. The van der Waals surface area contributed by atoms with Gasteiger partial charge in [0.2, 0.25) is 5.69 Å². The van der Waals surface area contributed by atoms with E-state index in [1.807, 2.05) is 6.20 Å². The summed E-state index contributed by atoms with van der Waals surface area (Å²) in [7, 11) is 0. The fourth-order valence-corrected chi connectivity index (χ4v) is 3.49. The van der Waals surface area contributed by atoms with Crippen molar-refractivity contribution in [2.75, 3.05) is 19.6 Å². The van der Waals surface area contributed by atoms with Crippen LogP contribution in [0.3, 0.4) is 0 Å². The van der Waals surface area contributed by atoms with Crippen LogP contribution in [0.5, 0.6) is 0 Å². The summed E-state index contributed by atoms with van der Waals surface area (Å²) in [6.45, 7) is 3.40. The van der Waals surface area contributed by atoms with Gasteiger partial charge in [-0.3, -0.25) is 15.0 Å². The number of nitrogens with two attached hydrogens (primary N) is 1. The Morgan fingerprint density at radius 1 is 1.25 bits per heavy atom. The molecule has 2 aliphatic heterocycles. The molecule has 3 aliphatic rings. The molecule has 0 atom stereocenters. The third-order valence-electron chi connectivity index (χ3n) is 4.74. The molecule has 20 heavy (non-hydrogen) atoms. The van der Waals surface area contributed by atoms with Gasteiger partial charge < -0.3 is 4.98 Å². The molecule has 1 saturated carbocycles. The maximum absolute atomic E-state index is 12.0. The summed E-state index contributed by atoms with van der Waals surface area (Å²) >= 11 is 0. The van der Waals surface area contributed by atoms with Gasteiger partial charge in [-0.25, -0.2) is 0 Å². The molecule has 0 bridgehead atoms. The molecule has 1 aromatic rings. The number of H-pyrrole nitrogens is 1. The number of rotatable bonds is 3. The average Bonchev–Trinajstić information content (AvgIpc) is 3.21. The molecule has 3 N–H and O–H groups in total. The summed E-state index contributed by atoms with van der Waals surface area (Å²) in [5.41, 5.74) is 4.81. The Bertz CT molecular complexity index is 607. The predicted molar refractivity (Wildman–Crippen MR) is 78.9 cm³/mol. The van der Waals surface area contributed by atoms with Crippen molar-refractivity contribution in [1.29, 1.82) is 0 Å². The van der Waals surface area contributed by atoms with Crippen LogP contribution in [-0.4, -0.2) is 29.5 Å². The van der Waals surface area contributed by atoms with Crippen molar-refractivity contribution in [2.24, 2.45) is 0 Å². The number of likely N-dealkylation sites (tertiary alicyclic amines) is 1. The number of pyridine rings is 1. The highest BCUT2D eigenvalue weighted by Crippen LogP contribution is 2.42. The molecule has 3 heterocycles. The van der Waals surface area contributed by atoms with E-state index in [1.54, 1.807) is 0 Å². The maximum Gasteiger partial charge on any atom is 0.310 e. The Morgan fingerprint density at radius 2 is 2.05 bits per heavy atom. The second kappa shape index (κ2) is 4.86. The number of aromatic nitrogens is 1. The molecule has 0 spiro atoms. The Morgan fingerprint density at radius 3 is 2.80 bits per heavy atom. The number of hydrogen-bond acceptors (Lipinski definition) is 2. The van der Waals surface area contributed by atoms with Crippen molar-refractivity contribution in [3.05, 3.63) is 33.4 Å². The average molecular weight is 272 g/mol. The summed E-state index contributed by atoms with van der Waals surface area (Å²) in [5, 5.41) is 2.11. The molecule has 1 aromatic heterocycles. The van der Waals surface area contributed by atoms with Gasteiger partial charge in [-0.05, 0) is 50.3 Å². The normalized spacial score (nSPS) is 22.7. The standard InChI is InChI=1S/C16H21N3O/c20-16-15-13(14(9-17-16)11-4-5-11)8-12(18-15)10-19-6-2-1-3-7-19/h8-9,11,18H,1-7,10H2,(H,17,20)/p+1. The lowest BCUT2D eigenvalue weighted by Crippen LogP contribution is -2.77. The van der Waals surface area contributed by atoms with Crippen molar-refractivity contribution in [3.63, 3.8) is 0 Å². The highest BCUT2D eigenvalue weighted by Gasteiger charge is 2.32. The van der Waals surface area contributed by atoms with E-state index < -0.39 is 0 Å². The van der Waals surface area contributed by atoms with Gasteiger partial charge in [-0.1, -0.05) is 6.42 Å². The van der Waals surface area contributed by atoms with Crippen LogP contribution < -0.4 is 10.9 Å². The van der Waals surface area contributed by atoms with Crippen molar-refractivity contribution in [3.8, 4) is 0 Å².